The summed E-state index contributed by atoms with van der Waals surface area (Å²) in [6.45, 7) is 6.03. The van der Waals surface area contributed by atoms with E-state index in [9.17, 15) is 4.79 Å². The zero-order chi connectivity index (χ0) is 17.5. The van der Waals surface area contributed by atoms with Crippen molar-refractivity contribution in [2.45, 2.75) is 38.3 Å². The van der Waals surface area contributed by atoms with Crippen molar-refractivity contribution in [2.75, 3.05) is 39.3 Å². The lowest BCUT2D eigenvalue weighted by Crippen LogP contribution is -2.55. The summed E-state index contributed by atoms with van der Waals surface area (Å²) in [6.07, 6.45) is 8.85. The summed E-state index contributed by atoms with van der Waals surface area (Å²) in [5.74, 6) is 0.271. The Bertz CT molecular complexity index is 805. The van der Waals surface area contributed by atoms with Crippen molar-refractivity contribution in [3.05, 3.63) is 29.7 Å². The minimum atomic E-state index is 0.271. The third-order valence-electron chi connectivity index (χ3n) is 6.24. The molecule has 0 spiro atoms. The Hall–Kier alpha value is -1.99. The number of nitrogens with zero attached hydrogens (tertiary/aromatic N) is 6. The Morgan fingerprint density at radius 3 is 2.77 bits per heavy atom. The van der Waals surface area contributed by atoms with Gasteiger partial charge in [-0.2, -0.15) is 5.10 Å². The standard InChI is InChI=1S/C19H26N6O/c26-19(24-10-8-23(9-11-24)16-2-1-3-16)14-22-7-5-15-12-25-18(4-6-20-25)21-17(15)13-22/h4,6,12,16H,1-3,5,7-11,13-14H2. The van der Waals surface area contributed by atoms with Crippen LogP contribution in [0.4, 0.5) is 0 Å². The highest BCUT2D eigenvalue weighted by Crippen LogP contribution is 2.25. The van der Waals surface area contributed by atoms with Crippen molar-refractivity contribution >= 4 is 11.6 Å². The number of piperazine rings is 1. The Balaban J connectivity index is 1.18. The van der Waals surface area contributed by atoms with Crippen LogP contribution in [-0.4, -0.2) is 80.5 Å². The van der Waals surface area contributed by atoms with E-state index in [0.717, 1.165) is 63.1 Å². The van der Waals surface area contributed by atoms with Gasteiger partial charge in [0, 0.05) is 57.6 Å². The SMILES string of the molecule is O=C(CN1CCc2cn3nccc3nc2C1)N1CCN(C2CCC2)CC1. The first-order valence-corrected chi connectivity index (χ1v) is 9.82. The summed E-state index contributed by atoms with van der Waals surface area (Å²) in [7, 11) is 0. The third-order valence-corrected chi connectivity index (χ3v) is 6.24. The van der Waals surface area contributed by atoms with Gasteiger partial charge in [-0.1, -0.05) is 6.42 Å². The molecule has 0 bridgehead atoms. The number of amides is 1. The zero-order valence-corrected chi connectivity index (χ0v) is 15.2. The normalized spacial score (nSPS) is 22.4. The van der Waals surface area contributed by atoms with Crippen molar-refractivity contribution in [1.82, 2.24) is 29.3 Å². The van der Waals surface area contributed by atoms with Gasteiger partial charge in [0.25, 0.3) is 0 Å². The van der Waals surface area contributed by atoms with Gasteiger partial charge in [-0.15, -0.1) is 0 Å². The van der Waals surface area contributed by atoms with E-state index in [1.165, 1.54) is 24.8 Å². The molecule has 2 aromatic rings. The molecule has 2 fully saturated rings. The maximum absolute atomic E-state index is 12.7. The van der Waals surface area contributed by atoms with Crippen LogP contribution in [0.15, 0.2) is 18.5 Å². The number of hydrogen-bond acceptors (Lipinski definition) is 5. The second-order valence-electron chi connectivity index (χ2n) is 7.81. The molecular formula is C19H26N6O. The number of rotatable bonds is 3. The average molecular weight is 354 g/mol. The van der Waals surface area contributed by atoms with E-state index < -0.39 is 0 Å². The predicted octanol–water partition coefficient (Wildman–Crippen LogP) is 0.784. The quantitative estimate of drug-likeness (QED) is 0.816. The maximum atomic E-state index is 12.7. The van der Waals surface area contributed by atoms with Gasteiger partial charge in [-0.25, -0.2) is 9.50 Å². The van der Waals surface area contributed by atoms with Gasteiger partial charge >= 0.3 is 0 Å². The molecule has 0 unspecified atom stereocenters. The van der Waals surface area contributed by atoms with Crippen molar-refractivity contribution < 1.29 is 4.79 Å². The van der Waals surface area contributed by atoms with E-state index in [1.807, 2.05) is 10.6 Å². The van der Waals surface area contributed by atoms with Crippen molar-refractivity contribution in [2.24, 2.45) is 0 Å². The summed E-state index contributed by atoms with van der Waals surface area (Å²) in [6, 6.07) is 2.71. The van der Waals surface area contributed by atoms with Gasteiger partial charge in [-0.05, 0) is 24.8 Å². The van der Waals surface area contributed by atoms with E-state index in [4.69, 9.17) is 4.98 Å². The average Bonchev–Trinajstić information content (AvgIpc) is 3.06. The number of fused-ring (bicyclic) bond motifs is 2. The fourth-order valence-electron chi connectivity index (χ4n) is 4.36. The first-order chi connectivity index (χ1) is 12.8. The number of carbonyl (C=O) groups excluding carboxylic acids is 1. The van der Waals surface area contributed by atoms with Crippen molar-refractivity contribution in [3.63, 3.8) is 0 Å². The second-order valence-corrected chi connectivity index (χ2v) is 7.81. The lowest BCUT2D eigenvalue weighted by molar-refractivity contribution is -0.135. The van der Waals surface area contributed by atoms with Gasteiger partial charge in [0.15, 0.2) is 5.65 Å². The summed E-state index contributed by atoms with van der Waals surface area (Å²) in [5, 5.41) is 4.26. The second kappa shape index (κ2) is 6.63. The van der Waals surface area contributed by atoms with Crippen LogP contribution >= 0.6 is 0 Å². The van der Waals surface area contributed by atoms with E-state index in [2.05, 4.69) is 26.0 Å². The van der Waals surface area contributed by atoms with Gasteiger partial charge in [0.1, 0.15) is 0 Å². The molecular weight excluding hydrogens is 328 g/mol. The lowest BCUT2D eigenvalue weighted by atomic mass is 9.91. The third kappa shape index (κ3) is 2.99. The molecule has 1 saturated heterocycles. The molecule has 138 valence electrons. The Morgan fingerprint density at radius 1 is 1.15 bits per heavy atom. The molecule has 3 aliphatic rings. The fraction of sp³-hybridized carbons (Fsp3) is 0.632. The largest absolute Gasteiger partial charge is 0.339 e. The van der Waals surface area contributed by atoms with Crippen LogP contribution in [0, 0.1) is 0 Å². The van der Waals surface area contributed by atoms with Crippen molar-refractivity contribution in [1.29, 1.82) is 0 Å². The summed E-state index contributed by atoms with van der Waals surface area (Å²) < 4.78 is 1.83. The molecule has 7 heteroatoms. The monoisotopic (exact) mass is 354 g/mol. The molecule has 26 heavy (non-hydrogen) atoms. The highest BCUT2D eigenvalue weighted by molar-refractivity contribution is 5.78. The summed E-state index contributed by atoms with van der Waals surface area (Å²) in [5.41, 5.74) is 3.22. The van der Waals surface area contributed by atoms with Crippen LogP contribution in [0.2, 0.25) is 0 Å². The van der Waals surface area contributed by atoms with Crippen molar-refractivity contribution in [3.8, 4) is 0 Å². The first-order valence-electron chi connectivity index (χ1n) is 9.82. The fourth-order valence-corrected chi connectivity index (χ4v) is 4.36. The molecule has 4 heterocycles. The lowest BCUT2D eigenvalue weighted by Gasteiger charge is -2.43. The molecule has 1 saturated carbocycles. The Morgan fingerprint density at radius 2 is 2.00 bits per heavy atom. The minimum Gasteiger partial charge on any atom is -0.339 e. The molecule has 5 rings (SSSR count). The van der Waals surface area contributed by atoms with Gasteiger partial charge < -0.3 is 4.90 Å². The molecule has 0 N–H and O–H groups in total. The van der Waals surface area contributed by atoms with Crippen LogP contribution in [0.1, 0.15) is 30.5 Å². The summed E-state index contributed by atoms with van der Waals surface area (Å²) in [4.78, 5) is 24.3. The number of aromatic nitrogens is 3. The molecule has 0 aromatic carbocycles. The van der Waals surface area contributed by atoms with Gasteiger partial charge in [0.2, 0.25) is 5.91 Å². The van der Waals surface area contributed by atoms with E-state index in [-0.39, 0.29) is 5.91 Å². The van der Waals surface area contributed by atoms with E-state index in [1.54, 1.807) is 6.20 Å². The van der Waals surface area contributed by atoms with Crippen LogP contribution in [0.5, 0.6) is 0 Å². The molecule has 0 radical (unpaired) electrons. The van der Waals surface area contributed by atoms with Crippen LogP contribution in [0.25, 0.3) is 5.65 Å². The molecule has 0 atom stereocenters. The van der Waals surface area contributed by atoms with E-state index >= 15 is 0 Å². The van der Waals surface area contributed by atoms with Crippen LogP contribution in [0.3, 0.4) is 0 Å². The van der Waals surface area contributed by atoms with Crippen LogP contribution in [-0.2, 0) is 17.8 Å². The highest BCUT2D eigenvalue weighted by atomic mass is 16.2. The molecule has 1 amide bonds. The molecule has 2 aliphatic heterocycles. The predicted molar refractivity (Wildman–Crippen MR) is 97.8 cm³/mol. The minimum absolute atomic E-state index is 0.271. The Kier molecular flexibility index (Phi) is 4.13. The smallest absolute Gasteiger partial charge is 0.236 e. The van der Waals surface area contributed by atoms with Crippen LogP contribution < -0.4 is 0 Å². The molecule has 7 nitrogen and oxygen atoms in total. The number of hydrogen-bond donors (Lipinski definition) is 0. The Labute approximate surface area is 153 Å². The summed E-state index contributed by atoms with van der Waals surface area (Å²) >= 11 is 0. The maximum Gasteiger partial charge on any atom is 0.236 e. The zero-order valence-electron chi connectivity index (χ0n) is 15.2. The van der Waals surface area contributed by atoms with Gasteiger partial charge in [0.05, 0.1) is 18.4 Å². The van der Waals surface area contributed by atoms with E-state index in [0.29, 0.717) is 6.54 Å². The number of carbonyl (C=O) groups is 1. The van der Waals surface area contributed by atoms with Gasteiger partial charge in [-0.3, -0.25) is 14.6 Å². The highest BCUT2D eigenvalue weighted by Gasteiger charge is 2.30. The first kappa shape index (κ1) is 16.2. The topological polar surface area (TPSA) is 57.0 Å². The molecule has 2 aromatic heterocycles. The molecule has 1 aliphatic carbocycles.